The smallest absolute Gasteiger partial charge is 0.323 e. The van der Waals surface area contributed by atoms with E-state index in [0.717, 1.165) is 4.88 Å². The van der Waals surface area contributed by atoms with Crippen molar-refractivity contribution in [3.05, 3.63) is 51.7 Å². The molecule has 0 fully saturated rings. The molecule has 6 heteroatoms. The molecular weight excluding hydrogens is 298 g/mol. The van der Waals surface area contributed by atoms with Crippen LogP contribution in [-0.4, -0.2) is 29.3 Å². The Morgan fingerprint density at radius 3 is 2.65 bits per heavy atom. The average Bonchev–Trinajstić information content (AvgIpc) is 2.92. The lowest BCUT2D eigenvalue weighted by Crippen LogP contribution is -2.33. The molecule has 1 aromatic heterocycles. The maximum absolute atomic E-state index is 11.0. The van der Waals surface area contributed by atoms with E-state index in [-0.39, 0.29) is 13.1 Å². The molecule has 0 saturated carbocycles. The Morgan fingerprint density at radius 1 is 1.30 bits per heavy atom. The van der Waals surface area contributed by atoms with E-state index >= 15 is 0 Å². The summed E-state index contributed by atoms with van der Waals surface area (Å²) in [7, 11) is 0. The first-order valence-electron chi connectivity index (χ1n) is 6.00. The third-order valence-electron chi connectivity index (χ3n) is 2.78. The molecule has 0 bridgehead atoms. The van der Waals surface area contributed by atoms with E-state index in [0.29, 0.717) is 10.7 Å². The van der Waals surface area contributed by atoms with Gasteiger partial charge in [0.15, 0.2) is 0 Å². The highest BCUT2D eigenvalue weighted by Crippen LogP contribution is 2.28. The highest BCUT2D eigenvalue weighted by molar-refractivity contribution is 7.10. The summed E-state index contributed by atoms with van der Waals surface area (Å²) in [6.07, 6.45) is -0.745. The largest absolute Gasteiger partial charge is 0.480 e. The number of hydrogen-bond donors (Lipinski definition) is 2. The van der Waals surface area contributed by atoms with E-state index < -0.39 is 12.1 Å². The Balaban J connectivity index is 2.20. The standard InChI is InChI=1S/C14H14ClNO3S/c15-10-4-1-2-5-11(10)16(9-14(18)19)8-12(17)13-6-3-7-20-13/h1-7,12,17H,8-9H2,(H,18,19)/t12-/m0/s1. The van der Waals surface area contributed by atoms with Crippen molar-refractivity contribution in [2.45, 2.75) is 6.10 Å². The third kappa shape index (κ3) is 3.72. The second-order valence-electron chi connectivity index (χ2n) is 4.26. The molecule has 0 aliphatic heterocycles. The number of rotatable bonds is 6. The van der Waals surface area contributed by atoms with Crippen molar-refractivity contribution in [3.8, 4) is 0 Å². The Labute approximate surface area is 125 Å². The Morgan fingerprint density at radius 2 is 2.05 bits per heavy atom. The summed E-state index contributed by atoms with van der Waals surface area (Å²) in [5, 5.41) is 21.5. The number of aliphatic hydroxyl groups is 1. The third-order valence-corrected chi connectivity index (χ3v) is 4.08. The van der Waals surface area contributed by atoms with Gasteiger partial charge < -0.3 is 15.1 Å². The molecule has 106 valence electrons. The van der Waals surface area contributed by atoms with Gasteiger partial charge in [0.1, 0.15) is 12.6 Å². The van der Waals surface area contributed by atoms with Crippen LogP contribution in [0.5, 0.6) is 0 Å². The van der Waals surface area contributed by atoms with E-state index in [9.17, 15) is 9.90 Å². The number of nitrogens with zero attached hydrogens (tertiary/aromatic N) is 1. The number of para-hydroxylation sites is 1. The van der Waals surface area contributed by atoms with Gasteiger partial charge in [-0.1, -0.05) is 29.8 Å². The van der Waals surface area contributed by atoms with Crippen LogP contribution in [0.15, 0.2) is 41.8 Å². The quantitative estimate of drug-likeness (QED) is 0.861. The van der Waals surface area contributed by atoms with Crippen LogP contribution < -0.4 is 4.90 Å². The molecular formula is C14H14ClNO3S. The number of carbonyl (C=O) groups is 1. The molecule has 0 aliphatic rings. The molecule has 0 saturated heterocycles. The summed E-state index contributed by atoms with van der Waals surface area (Å²) in [6, 6.07) is 10.7. The maximum Gasteiger partial charge on any atom is 0.323 e. The molecule has 2 rings (SSSR count). The lowest BCUT2D eigenvalue weighted by molar-refractivity contribution is -0.135. The number of hydrogen-bond acceptors (Lipinski definition) is 4. The zero-order valence-electron chi connectivity index (χ0n) is 10.6. The first-order chi connectivity index (χ1) is 9.58. The van der Waals surface area contributed by atoms with Crippen LogP contribution in [0.25, 0.3) is 0 Å². The zero-order chi connectivity index (χ0) is 14.5. The monoisotopic (exact) mass is 311 g/mol. The molecule has 0 unspecified atom stereocenters. The van der Waals surface area contributed by atoms with Gasteiger partial charge >= 0.3 is 5.97 Å². The minimum absolute atomic E-state index is 0.177. The summed E-state index contributed by atoms with van der Waals surface area (Å²) in [6.45, 7) is -0.0390. The lowest BCUT2D eigenvalue weighted by Gasteiger charge is -2.26. The molecule has 0 aliphatic carbocycles. The van der Waals surface area contributed by atoms with E-state index in [2.05, 4.69) is 0 Å². The van der Waals surface area contributed by atoms with Crippen LogP contribution >= 0.6 is 22.9 Å². The molecule has 1 atom stereocenters. The predicted octanol–water partition coefficient (Wildman–Crippen LogP) is 3.03. The summed E-state index contributed by atoms with van der Waals surface area (Å²) in [5.41, 5.74) is 0.604. The van der Waals surface area contributed by atoms with Crippen molar-refractivity contribution in [1.82, 2.24) is 0 Å². The van der Waals surface area contributed by atoms with E-state index in [4.69, 9.17) is 16.7 Å². The summed E-state index contributed by atoms with van der Waals surface area (Å²) < 4.78 is 0. The molecule has 20 heavy (non-hydrogen) atoms. The van der Waals surface area contributed by atoms with E-state index in [1.165, 1.54) is 11.3 Å². The lowest BCUT2D eigenvalue weighted by atomic mass is 10.2. The molecule has 2 N–H and O–H groups in total. The van der Waals surface area contributed by atoms with Gasteiger partial charge in [0.25, 0.3) is 0 Å². The van der Waals surface area contributed by atoms with Gasteiger partial charge in [-0.15, -0.1) is 11.3 Å². The predicted molar refractivity (Wildman–Crippen MR) is 80.6 cm³/mol. The number of carboxylic acid groups (broad SMARTS) is 1. The average molecular weight is 312 g/mol. The minimum Gasteiger partial charge on any atom is -0.480 e. The fourth-order valence-corrected chi connectivity index (χ4v) is 2.86. The first kappa shape index (κ1) is 14.8. The number of halogens is 1. The number of anilines is 1. The maximum atomic E-state index is 11.0. The van der Waals surface area contributed by atoms with E-state index in [1.807, 2.05) is 17.5 Å². The molecule has 0 spiro atoms. The normalized spacial score (nSPS) is 12.1. The molecule has 1 aromatic carbocycles. The van der Waals surface area contributed by atoms with Crippen LogP contribution in [0.4, 0.5) is 5.69 Å². The van der Waals surface area contributed by atoms with Gasteiger partial charge in [-0.2, -0.15) is 0 Å². The highest BCUT2D eigenvalue weighted by atomic mass is 35.5. The fraction of sp³-hybridized carbons (Fsp3) is 0.214. The number of carboxylic acids is 1. The van der Waals surface area contributed by atoms with Crippen molar-refractivity contribution in [3.63, 3.8) is 0 Å². The van der Waals surface area contributed by atoms with Gasteiger partial charge in [-0.3, -0.25) is 4.79 Å². The SMILES string of the molecule is O=C(O)CN(C[C@H](O)c1cccs1)c1ccccc1Cl. The highest BCUT2D eigenvalue weighted by Gasteiger charge is 2.19. The number of thiophene rings is 1. The van der Waals surface area contributed by atoms with Crippen LogP contribution in [0.1, 0.15) is 11.0 Å². The van der Waals surface area contributed by atoms with Gasteiger partial charge in [0, 0.05) is 11.4 Å². The minimum atomic E-state index is -0.969. The van der Waals surface area contributed by atoms with Crippen LogP contribution in [-0.2, 0) is 4.79 Å². The van der Waals surface area contributed by atoms with Crippen LogP contribution in [0.3, 0.4) is 0 Å². The summed E-state index contributed by atoms with van der Waals surface area (Å²) >= 11 is 7.53. The Bertz CT molecular complexity index is 574. The zero-order valence-corrected chi connectivity index (χ0v) is 12.1. The van der Waals surface area contributed by atoms with Gasteiger partial charge in [0.05, 0.1) is 10.7 Å². The van der Waals surface area contributed by atoms with E-state index in [1.54, 1.807) is 29.2 Å². The Hall–Kier alpha value is -1.56. The summed E-state index contributed by atoms with van der Waals surface area (Å²) in [4.78, 5) is 13.4. The topological polar surface area (TPSA) is 60.8 Å². The number of aliphatic carboxylic acids is 1. The van der Waals surface area contributed by atoms with Crippen LogP contribution in [0.2, 0.25) is 5.02 Å². The summed E-state index contributed by atoms with van der Waals surface area (Å²) in [5.74, 6) is -0.969. The number of aliphatic hydroxyl groups excluding tert-OH is 1. The van der Waals surface area contributed by atoms with Crippen molar-refractivity contribution in [2.24, 2.45) is 0 Å². The van der Waals surface area contributed by atoms with Gasteiger partial charge in [-0.25, -0.2) is 0 Å². The molecule has 2 aromatic rings. The molecule has 0 amide bonds. The van der Waals surface area contributed by atoms with Gasteiger partial charge in [-0.05, 0) is 23.6 Å². The number of benzene rings is 1. The first-order valence-corrected chi connectivity index (χ1v) is 7.26. The van der Waals surface area contributed by atoms with Crippen molar-refractivity contribution in [1.29, 1.82) is 0 Å². The molecule has 1 heterocycles. The molecule has 4 nitrogen and oxygen atoms in total. The van der Waals surface area contributed by atoms with Crippen molar-refractivity contribution < 1.29 is 15.0 Å². The molecule has 0 radical (unpaired) electrons. The van der Waals surface area contributed by atoms with Crippen molar-refractivity contribution in [2.75, 3.05) is 18.0 Å². The second-order valence-corrected chi connectivity index (χ2v) is 5.64. The second kappa shape index (κ2) is 6.74. The van der Waals surface area contributed by atoms with Gasteiger partial charge in [0.2, 0.25) is 0 Å². The fourth-order valence-electron chi connectivity index (χ4n) is 1.90. The van der Waals surface area contributed by atoms with Crippen molar-refractivity contribution >= 4 is 34.6 Å². The Kier molecular flexibility index (Phi) is 5.00. The van der Waals surface area contributed by atoms with Crippen LogP contribution in [0, 0.1) is 0 Å².